The Labute approximate surface area is 214 Å². The summed E-state index contributed by atoms with van der Waals surface area (Å²) in [4.78, 5) is 26.5. The summed E-state index contributed by atoms with van der Waals surface area (Å²) in [7, 11) is 1.48. The lowest BCUT2D eigenvalue weighted by Crippen LogP contribution is -2.14. The molecule has 5 rings (SSSR count). The van der Waals surface area contributed by atoms with E-state index < -0.39 is 11.7 Å². The molecule has 10 heteroatoms. The molecule has 0 radical (unpaired) electrons. The number of fused-ring (bicyclic) bond motifs is 1. The zero-order chi connectivity index (χ0) is 25.4. The van der Waals surface area contributed by atoms with Crippen molar-refractivity contribution in [2.75, 3.05) is 12.4 Å². The predicted octanol–water partition coefficient (Wildman–Crippen LogP) is 6.33. The number of H-pyrrole nitrogens is 1. The van der Waals surface area contributed by atoms with Gasteiger partial charge in [-0.3, -0.25) is 14.7 Å². The van der Waals surface area contributed by atoms with Crippen LogP contribution in [0.5, 0.6) is 11.5 Å². The fraction of sp³-hybridized carbons (Fsp3) is 0.0385. The van der Waals surface area contributed by atoms with Gasteiger partial charge in [0.15, 0.2) is 5.76 Å². The molecule has 0 saturated heterocycles. The minimum atomic E-state index is -0.566. The standard InChI is InChI=1S/C26H17Cl2N3O5/c1-35-22-9-6-13(10-17(22)28)24(33)25-23(15-4-2-3-5-21(15)36-25)29-26(34)19-12-18(30-31-19)16-11-14(27)7-8-20(16)32/h2-12,32H,1H3,(H,29,34)(H,30,31). The number of hydrogen-bond acceptors (Lipinski definition) is 6. The molecular weight excluding hydrogens is 505 g/mol. The van der Waals surface area contributed by atoms with Gasteiger partial charge in [-0.05, 0) is 54.6 Å². The van der Waals surface area contributed by atoms with E-state index in [9.17, 15) is 14.7 Å². The maximum Gasteiger partial charge on any atom is 0.273 e. The number of methoxy groups -OCH3 is 1. The van der Waals surface area contributed by atoms with E-state index in [0.29, 0.717) is 33.0 Å². The molecule has 0 saturated carbocycles. The summed E-state index contributed by atoms with van der Waals surface area (Å²) in [5.41, 5.74) is 1.66. The number of amides is 1. The first-order valence-electron chi connectivity index (χ1n) is 10.6. The second-order valence-electron chi connectivity index (χ2n) is 7.76. The Bertz CT molecular complexity index is 1640. The SMILES string of the molecule is COc1ccc(C(=O)c2oc3ccccc3c2NC(=O)c2cc(-c3cc(Cl)ccc3O)n[nH]2)cc1Cl. The van der Waals surface area contributed by atoms with Gasteiger partial charge in [0.2, 0.25) is 5.78 Å². The number of rotatable bonds is 6. The number of furan rings is 1. The van der Waals surface area contributed by atoms with E-state index in [1.165, 1.54) is 31.4 Å². The smallest absolute Gasteiger partial charge is 0.273 e. The van der Waals surface area contributed by atoms with Gasteiger partial charge in [-0.2, -0.15) is 5.10 Å². The van der Waals surface area contributed by atoms with Crippen molar-refractivity contribution in [1.82, 2.24) is 10.2 Å². The molecule has 2 aromatic heterocycles. The van der Waals surface area contributed by atoms with Crippen molar-refractivity contribution >= 4 is 51.5 Å². The molecule has 3 aromatic carbocycles. The molecule has 0 atom stereocenters. The van der Waals surface area contributed by atoms with E-state index in [1.54, 1.807) is 42.5 Å². The number of benzene rings is 3. The van der Waals surface area contributed by atoms with Gasteiger partial charge >= 0.3 is 0 Å². The van der Waals surface area contributed by atoms with Gasteiger partial charge in [-0.1, -0.05) is 35.3 Å². The second-order valence-corrected chi connectivity index (χ2v) is 8.61. The monoisotopic (exact) mass is 521 g/mol. The summed E-state index contributed by atoms with van der Waals surface area (Å²) >= 11 is 12.2. The van der Waals surface area contributed by atoms with Gasteiger partial charge in [-0.15, -0.1) is 0 Å². The Hall–Kier alpha value is -4.27. The van der Waals surface area contributed by atoms with Crippen LogP contribution in [0.25, 0.3) is 22.2 Å². The quantitative estimate of drug-likeness (QED) is 0.225. The summed E-state index contributed by atoms with van der Waals surface area (Å²) in [5, 5.41) is 20.9. The van der Waals surface area contributed by atoms with E-state index in [-0.39, 0.29) is 33.5 Å². The van der Waals surface area contributed by atoms with E-state index in [1.807, 2.05) is 0 Å². The number of aromatic hydroxyl groups is 1. The number of nitrogens with zero attached hydrogens (tertiary/aromatic N) is 1. The molecule has 8 nitrogen and oxygen atoms in total. The number of aromatic amines is 1. The van der Waals surface area contributed by atoms with Crippen molar-refractivity contribution in [1.29, 1.82) is 0 Å². The van der Waals surface area contributed by atoms with Crippen LogP contribution < -0.4 is 10.1 Å². The van der Waals surface area contributed by atoms with E-state index in [4.69, 9.17) is 32.4 Å². The third-order valence-corrected chi connectivity index (χ3v) is 6.04. The van der Waals surface area contributed by atoms with Crippen molar-refractivity contribution in [3.8, 4) is 22.8 Å². The topological polar surface area (TPSA) is 117 Å². The average Bonchev–Trinajstić information content (AvgIpc) is 3.51. The molecule has 0 aliphatic rings. The first kappa shape index (κ1) is 23.5. The van der Waals surface area contributed by atoms with Gasteiger partial charge in [0.1, 0.15) is 22.8 Å². The average molecular weight is 522 g/mol. The molecule has 0 aliphatic carbocycles. The number of halogens is 2. The van der Waals surface area contributed by atoms with Gasteiger partial charge in [0.25, 0.3) is 5.91 Å². The van der Waals surface area contributed by atoms with Crippen LogP contribution in [0, 0.1) is 0 Å². The number of phenolic OH excluding ortho intramolecular Hbond substituents is 1. The molecule has 5 aromatic rings. The third kappa shape index (κ3) is 4.28. The summed E-state index contributed by atoms with van der Waals surface area (Å²) in [5.74, 6) is -0.710. The van der Waals surface area contributed by atoms with Gasteiger partial charge in [-0.25, -0.2) is 0 Å². The minimum Gasteiger partial charge on any atom is -0.507 e. The van der Waals surface area contributed by atoms with Gasteiger partial charge in [0, 0.05) is 21.5 Å². The lowest BCUT2D eigenvalue weighted by Gasteiger charge is -2.07. The van der Waals surface area contributed by atoms with Crippen molar-refractivity contribution < 1.29 is 23.8 Å². The highest BCUT2D eigenvalue weighted by Gasteiger charge is 2.25. The van der Waals surface area contributed by atoms with Gasteiger partial charge < -0.3 is 19.6 Å². The Kier molecular flexibility index (Phi) is 6.13. The zero-order valence-electron chi connectivity index (χ0n) is 18.6. The fourth-order valence-corrected chi connectivity index (χ4v) is 4.17. The summed E-state index contributed by atoms with van der Waals surface area (Å²) in [6, 6.07) is 17.5. The number of carbonyl (C=O) groups excluding carboxylic acids is 2. The lowest BCUT2D eigenvalue weighted by atomic mass is 10.1. The molecule has 0 fully saturated rings. The van der Waals surface area contributed by atoms with Crippen LogP contribution in [-0.4, -0.2) is 34.1 Å². The highest BCUT2D eigenvalue weighted by molar-refractivity contribution is 6.32. The lowest BCUT2D eigenvalue weighted by molar-refractivity contribution is 0.101. The van der Waals surface area contributed by atoms with Crippen molar-refractivity contribution in [2.45, 2.75) is 0 Å². The molecule has 0 aliphatic heterocycles. The molecule has 0 spiro atoms. The van der Waals surface area contributed by atoms with Crippen LogP contribution in [0.1, 0.15) is 26.6 Å². The number of nitrogens with one attached hydrogen (secondary N) is 2. The number of aromatic nitrogens is 2. The molecule has 3 N–H and O–H groups in total. The Morgan fingerprint density at radius 1 is 1.06 bits per heavy atom. The first-order valence-corrected chi connectivity index (χ1v) is 11.4. The van der Waals surface area contributed by atoms with Crippen LogP contribution in [-0.2, 0) is 0 Å². The number of ketones is 1. The molecule has 0 unspecified atom stereocenters. The van der Waals surface area contributed by atoms with Crippen molar-refractivity contribution in [3.63, 3.8) is 0 Å². The number of hydrogen-bond donors (Lipinski definition) is 3. The number of para-hydroxylation sites is 1. The van der Waals surface area contributed by atoms with E-state index in [2.05, 4.69) is 15.5 Å². The van der Waals surface area contributed by atoms with Gasteiger partial charge in [0.05, 0.1) is 23.5 Å². The van der Waals surface area contributed by atoms with Crippen LogP contribution in [0.4, 0.5) is 5.69 Å². The zero-order valence-corrected chi connectivity index (χ0v) is 20.1. The number of anilines is 1. The number of carbonyl (C=O) groups is 2. The Morgan fingerprint density at radius 3 is 2.64 bits per heavy atom. The number of phenols is 1. The molecule has 2 heterocycles. The third-order valence-electron chi connectivity index (χ3n) is 5.51. The molecule has 180 valence electrons. The van der Waals surface area contributed by atoms with Crippen molar-refractivity contribution in [2.24, 2.45) is 0 Å². The fourth-order valence-electron chi connectivity index (χ4n) is 3.74. The number of ether oxygens (including phenoxy) is 1. The highest BCUT2D eigenvalue weighted by Crippen LogP contribution is 2.35. The normalized spacial score (nSPS) is 11.0. The largest absolute Gasteiger partial charge is 0.507 e. The molecule has 1 amide bonds. The Morgan fingerprint density at radius 2 is 1.86 bits per heavy atom. The highest BCUT2D eigenvalue weighted by atomic mass is 35.5. The summed E-state index contributed by atoms with van der Waals surface area (Å²) in [6.45, 7) is 0. The second kappa shape index (κ2) is 9.41. The Balaban J connectivity index is 1.50. The first-order chi connectivity index (χ1) is 17.4. The van der Waals surface area contributed by atoms with Crippen LogP contribution in [0.15, 0.2) is 71.1 Å². The molecular formula is C26H17Cl2N3O5. The summed E-state index contributed by atoms with van der Waals surface area (Å²) in [6.07, 6.45) is 0. The molecule has 36 heavy (non-hydrogen) atoms. The van der Waals surface area contributed by atoms with Crippen molar-refractivity contribution in [3.05, 3.63) is 93.8 Å². The summed E-state index contributed by atoms with van der Waals surface area (Å²) < 4.78 is 11.0. The van der Waals surface area contributed by atoms with Crippen LogP contribution in [0.3, 0.4) is 0 Å². The van der Waals surface area contributed by atoms with Crippen LogP contribution >= 0.6 is 23.2 Å². The van der Waals surface area contributed by atoms with E-state index in [0.717, 1.165) is 0 Å². The predicted molar refractivity (Wildman–Crippen MR) is 136 cm³/mol. The maximum atomic E-state index is 13.4. The van der Waals surface area contributed by atoms with Crippen LogP contribution in [0.2, 0.25) is 10.0 Å². The maximum absolute atomic E-state index is 13.4. The van der Waals surface area contributed by atoms with E-state index >= 15 is 0 Å². The minimum absolute atomic E-state index is 0.0373. The molecule has 0 bridgehead atoms.